The van der Waals surface area contributed by atoms with Crippen molar-refractivity contribution in [2.45, 2.75) is 20.8 Å². The molecule has 0 radical (unpaired) electrons. The lowest BCUT2D eigenvalue weighted by Gasteiger charge is -2.13. The lowest BCUT2D eigenvalue weighted by Crippen LogP contribution is -2.10. The van der Waals surface area contributed by atoms with Crippen molar-refractivity contribution in [1.29, 1.82) is 0 Å². The molecule has 0 spiro atoms. The van der Waals surface area contributed by atoms with Gasteiger partial charge in [0.25, 0.3) is 0 Å². The van der Waals surface area contributed by atoms with Crippen LogP contribution in [-0.4, -0.2) is 24.7 Å². The van der Waals surface area contributed by atoms with Crippen molar-refractivity contribution in [3.05, 3.63) is 47.3 Å². The molecule has 1 aromatic heterocycles. The monoisotopic (exact) mass is 285 g/mol. The van der Waals surface area contributed by atoms with E-state index in [1.165, 1.54) is 0 Å². The number of hydrogen-bond acceptors (Lipinski definition) is 4. The standard InChI is InChI=1S/C17H19NO3/c1-5-21-17(19)16-12(3)18-11(2)10-15(16)13-6-8-14(20-4)9-7-13/h6-10H,5H2,1-4H3. The van der Waals surface area contributed by atoms with E-state index >= 15 is 0 Å². The molecule has 4 nitrogen and oxygen atoms in total. The summed E-state index contributed by atoms with van der Waals surface area (Å²) in [7, 11) is 1.62. The highest BCUT2D eigenvalue weighted by atomic mass is 16.5. The van der Waals surface area contributed by atoms with E-state index in [4.69, 9.17) is 9.47 Å². The number of nitrogens with zero attached hydrogens (tertiary/aromatic N) is 1. The molecule has 0 N–H and O–H groups in total. The average molecular weight is 285 g/mol. The predicted molar refractivity (Wildman–Crippen MR) is 81.7 cm³/mol. The van der Waals surface area contributed by atoms with Gasteiger partial charge in [0.1, 0.15) is 5.75 Å². The van der Waals surface area contributed by atoms with Crippen LogP contribution in [0.4, 0.5) is 0 Å². The lowest BCUT2D eigenvalue weighted by atomic mass is 9.98. The Bertz CT molecular complexity index is 648. The first kappa shape index (κ1) is 15.0. The van der Waals surface area contributed by atoms with Gasteiger partial charge >= 0.3 is 5.97 Å². The van der Waals surface area contributed by atoms with Crippen molar-refractivity contribution in [3.8, 4) is 16.9 Å². The number of hydrogen-bond donors (Lipinski definition) is 0. The minimum atomic E-state index is -0.340. The zero-order valence-corrected chi connectivity index (χ0v) is 12.8. The summed E-state index contributed by atoms with van der Waals surface area (Å²) in [6.07, 6.45) is 0. The van der Waals surface area contributed by atoms with Crippen LogP contribution in [0.1, 0.15) is 28.7 Å². The number of benzene rings is 1. The minimum absolute atomic E-state index is 0.340. The van der Waals surface area contributed by atoms with Crippen molar-refractivity contribution in [3.63, 3.8) is 0 Å². The molecule has 1 aromatic carbocycles. The van der Waals surface area contributed by atoms with E-state index in [1.807, 2.05) is 44.2 Å². The molecular formula is C17H19NO3. The summed E-state index contributed by atoms with van der Waals surface area (Å²) in [5.41, 5.74) is 3.84. The fourth-order valence-electron chi connectivity index (χ4n) is 2.29. The van der Waals surface area contributed by atoms with Crippen LogP contribution >= 0.6 is 0 Å². The molecule has 1 heterocycles. The molecule has 0 bridgehead atoms. The van der Waals surface area contributed by atoms with Crippen LogP contribution in [0, 0.1) is 13.8 Å². The van der Waals surface area contributed by atoms with Gasteiger partial charge in [0, 0.05) is 5.69 Å². The lowest BCUT2D eigenvalue weighted by molar-refractivity contribution is 0.0526. The Labute approximate surface area is 124 Å². The molecule has 0 aliphatic heterocycles. The van der Waals surface area contributed by atoms with Gasteiger partial charge in [0.05, 0.1) is 25.0 Å². The summed E-state index contributed by atoms with van der Waals surface area (Å²) in [6, 6.07) is 9.50. The van der Waals surface area contributed by atoms with Crippen LogP contribution in [0.5, 0.6) is 5.75 Å². The number of methoxy groups -OCH3 is 1. The molecule has 0 atom stereocenters. The number of ether oxygens (including phenoxy) is 2. The van der Waals surface area contributed by atoms with Crippen molar-refractivity contribution in [1.82, 2.24) is 4.98 Å². The van der Waals surface area contributed by atoms with Crippen molar-refractivity contribution >= 4 is 5.97 Å². The molecule has 110 valence electrons. The zero-order valence-electron chi connectivity index (χ0n) is 12.8. The Hall–Kier alpha value is -2.36. The summed E-state index contributed by atoms with van der Waals surface area (Å²) in [5.74, 6) is 0.437. The predicted octanol–water partition coefficient (Wildman–Crippen LogP) is 3.55. The summed E-state index contributed by atoms with van der Waals surface area (Å²) >= 11 is 0. The highest BCUT2D eigenvalue weighted by Gasteiger charge is 2.18. The van der Waals surface area contributed by atoms with E-state index < -0.39 is 0 Å². The second kappa shape index (κ2) is 6.39. The molecule has 2 aromatic rings. The first-order valence-corrected chi connectivity index (χ1v) is 6.86. The Morgan fingerprint density at radius 2 is 1.86 bits per heavy atom. The molecule has 0 aliphatic rings. The summed E-state index contributed by atoms with van der Waals surface area (Å²) in [5, 5.41) is 0. The fraction of sp³-hybridized carbons (Fsp3) is 0.294. The van der Waals surface area contributed by atoms with E-state index in [1.54, 1.807) is 14.0 Å². The summed E-state index contributed by atoms with van der Waals surface area (Å²) < 4.78 is 10.3. The molecule has 0 saturated carbocycles. The molecule has 0 fully saturated rings. The SMILES string of the molecule is CCOC(=O)c1c(-c2ccc(OC)cc2)cc(C)nc1C. The van der Waals surface area contributed by atoms with Gasteiger partial charge in [0.15, 0.2) is 0 Å². The van der Waals surface area contributed by atoms with Crippen LogP contribution in [0.25, 0.3) is 11.1 Å². The number of rotatable bonds is 4. The van der Waals surface area contributed by atoms with Gasteiger partial charge in [0.2, 0.25) is 0 Å². The first-order valence-electron chi connectivity index (χ1n) is 6.86. The number of aryl methyl sites for hydroxylation is 2. The smallest absolute Gasteiger partial charge is 0.340 e. The van der Waals surface area contributed by atoms with E-state index in [0.29, 0.717) is 17.9 Å². The molecule has 0 unspecified atom stereocenters. The highest BCUT2D eigenvalue weighted by Crippen LogP contribution is 2.28. The maximum absolute atomic E-state index is 12.2. The molecule has 0 aliphatic carbocycles. The maximum atomic E-state index is 12.2. The van der Waals surface area contributed by atoms with E-state index in [0.717, 1.165) is 22.6 Å². The van der Waals surface area contributed by atoms with Crippen LogP contribution in [-0.2, 0) is 4.74 Å². The van der Waals surface area contributed by atoms with Gasteiger partial charge < -0.3 is 9.47 Å². The Kier molecular flexibility index (Phi) is 4.58. The second-order valence-electron chi connectivity index (χ2n) is 4.72. The summed E-state index contributed by atoms with van der Waals surface area (Å²) in [6.45, 7) is 5.87. The van der Waals surface area contributed by atoms with Crippen molar-refractivity contribution in [2.75, 3.05) is 13.7 Å². The molecule has 4 heteroatoms. The third kappa shape index (κ3) is 3.21. The van der Waals surface area contributed by atoms with Crippen molar-refractivity contribution in [2.24, 2.45) is 0 Å². The van der Waals surface area contributed by atoms with Gasteiger partial charge in [-0.05, 0) is 50.1 Å². The molecule has 0 saturated heterocycles. The molecule has 2 rings (SSSR count). The number of esters is 1. The topological polar surface area (TPSA) is 48.4 Å². The molecular weight excluding hydrogens is 266 g/mol. The number of pyridine rings is 1. The minimum Gasteiger partial charge on any atom is -0.497 e. The molecule has 0 amide bonds. The number of carbonyl (C=O) groups excluding carboxylic acids is 1. The fourth-order valence-corrected chi connectivity index (χ4v) is 2.29. The van der Waals surface area contributed by atoms with Gasteiger partial charge in [-0.15, -0.1) is 0 Å². The van der Waals surface area contributed by atoms with Crippen LogP contribution in [0.3, 0.4) is 0 Å². The molecule has 21 heavy (non-hydrogen) atoms. The van der Waals surface area contributed by atoms with Gasteiger partial charge in [-0.2, -0.15) is 0 Å². The third-order valence-electron chi connectivity index (χ3n) is 3.21. The highest BCUT2D eigenvalue weighted by molar-refractivity contribution is 5.98. The van der Waals surface area contributed by atoms with Crippen LogP contribution in [0.15, 0.2) is 30.3 Å². The van der Waals surface area contributed by atoms with Crippen LogP contribution in [0.2, 0.25) is 0 Å². The summed E-state index contributed by atoms with van der Waals surface area (Å²) in [4.78, 5) is 16.6. The Morgan fingerprint density at radius 3 is 2.43 bits per heavy atom. The first-order chi connectivity index (χ1) is 10.1. The normalized spacial score (nSPS) is 10.3. The average Bonchev–Trinajstić information content (AvgIpc) is 2.46. The largest absolute Gasteiger partial charge is 0.497 e. The van der Waals surface area contributed by atoms with Gasteiger partial charge in [-0.25, -0.2) is 4.79 Å². The number of aromatic nitrogens is 1. The van der Waals surface area contributed by atoms with E-state index in [-0.39, 0.29) is 5.97 Å². The van der Waals surface area contributed by atoms with Gasteiger partial charge in [-0.3, -0.25) is 4.98 Å². The van der Waals surface area contributed by atoms with E-state index in [9.17, 15) is 4.79 Å². The zero-order chi connectivity index (χ0) is 15.4. The quantitative estimate of drug-likeness (QED) is 0.806. The van der Waals surface area contributed by atoms with Crippen molar-refractivity contribution < 1.29 is 14.3 Å². The Balaban J connectivity index is 2.57. The second-order valence-corrected chi connectivity index (χ2v) is 4.72. The maximum Gasteiger partial charge on any atom is 0.340 e. The van der Waals surface area contributed by atoms with Crippen LogP contribution < -0.4 is 4.74 Å². The number of carbonyl (C=O) groups is 1. The van der Waals surface area contributed by atoms with Gasteiger partial charge in [-0.1, -0.05) is 12.1 Å². The third-order valence-corrected chi connectivity index (χ3v) is 3.21. The van der Waals surface area contributed by atoms with E-state index in [2.05, 4.69) is 4.98 Å². The Morgan fingerprint density at radius 1 is 1.19 bits per heavy atom.